The molecule has 21 heavy (non-hydrogen) atoms. The standard InChI is InChI=1S/C15H26Br2O4/c1-3-5-10-20-14(18)12(16)8-7-9-13(17)15(19)21-11-6-4-2/h12-13H,3-11H2,1-2H3. The molecule has 4 nitrogen and oxygen atoms in total. The SMILES string of the molecule is CCCCOC(=O)C(Br)CCCC(Br)C(=O)OCCCC. The molecular formula is C15H26Br2O4. The van der Waals surface area contributed by atoms with Gasteiger partial charge in [0, 0.05) is 0 Å². The maximum atomic E-state index is 11.6. The molecule has 0 bridgehead atoms. The van der Waals surface area contributed by atoms with Gasteiger partial charge in [-0.1, -0.05) is 65.0 Å². The summed E-state index contributed by atoms with van der Waals surface area (Å²) in [6.07, 6.45) is 5.83. The Bertz CT molecular complexity index is 269. The van der Waals surface area contributed by atoms with Gasteiger partial charge in [0.15, 0.2) is 0 Å². The van der Waals surface area contributed by atoms with Crippen LogP contribution in [-0.4, -0.2) is 34.8 Å². The largest absolute Gasteiger partial charge is 0.465 e. The molecule has 2 atom stereocenters. The first-order chi connectivity index (χ1) is 10.0. The summed E-state index contributed by atoms with van der Waals surface area (Å²) in [7, 11) is 0. The molecule has 0 aromatic heterocycles. The smallest absolute Gasteiger partial charge is 0.319 e. The van der Waals surface area contributed by atoms with Gasteiger partial charge in [0.1, 0.15) is 9.65 Å². The number of rotatable bonds is 12. The van der Waals surface area contributed by atoms with Crippen LogP contribution < -0.4 is 0 Å². The van der Waals surface area contributed by atoms with Gasteiger partial charge in [-0.3, -0.25) is 9.59 Å². The lowest BCUT2D eigenvalue weighted by Gasteiger charge is -2.12. The molecule has 2 unspecified atom stereocenters. The number of alkyl halides is 2. The van der Waals surface area contributed by atoms with Gasteiger partial charge in [-0.2, -0.15) is 0 Å². The maximum Gasteiger partial charge on any atom is 0.319 e. The van der Waals surface area contributed by atoms with Gasteiger partial charge in [-0.05, 0) is 25.7 Å². The molecule has 0 radical (unpaired) electrons. The summed E-state index contributed by atoms with van der Waals surface area (Å²) in [5, 5.41) is 0. The van der Waals surface area contributed by atoms with E-state index in [1.807, 2.05) is 0 Å². The van der Waals surface area contributed by atoms with Crippen molar-refractivity contribution in [1.82, 2.24) is 0 Å². The molecule has 0 saturated heterocycles. The molecule has 0 aliphatic heterocycles. The van der Waals surface area contributed by atoms with E-state index in [0.717, 1.165) is 32.1 Å². The number of esters is 2. The normalized spacial score (nSPS) is 13.5. The highest BCUT2D eigenvalue weighted by molar-refractivity contribution is 9.10. The van der Waals surface area contributed by atoms with Crippen molar-refractivity contribution >= 4 is 43.8 Å². The lowest BCUT2D eigenvalue weighted by molar-refractivity contribution is -0.143. The van der Waals surface area contributed by atoms with Crippen LogP contribution in [0.1, 0.15) is 58.8 Å². The minimum Gasteiger partial charge on any atom is -0.465 e. The first-order valence-electron chi connectivity index (χ1n) is 7.64. The summed E-state index contributed by atoms with van der Waals surface area (Å²) in [4.78, 5) is 22.7. The zero-order valence-electron chi connectivity index (χ0n) is 12.9. The fourth-order valence-corrected chi connectivity index (χ4v) is 2.44. The molecule has 0 aromatic rings. The van der Waals surface area contributed by atoms with Crippen LogP contribution in [0, 0.1) is 0 Å². The number of halogens is 2. The quantitative estimate of drug-likeness (QED) is 0.262. The highest BCUT2D eigenvalue weighted by atomic mass is 79.9. The minimum absolute atomic E-state index is 0.222. The van der Waals surface area contributed by atoms with E-state index in [2.05, 4.69) is 45.7 Å². The van der Waals surface area contributed by atoms with Gasteiger partial charge < -0.3 is 9.47 Å². The summed E-state index contributed by atoms with van der Waals surface area (Å²) in [6, 6.07) is 0. The van der Waals surface area contributed by atoms with Crippen molar-refractivity contribution in [2.24, 2.45) is 0 Å². The fourth-order valence-electron chi connectivity index (χ4n) is 1.53. The van der Waals surface area contributed by atoms with Crippen LogP contribution in [0.4, 0.5) is 0 Å². The van der Waals surface area contributed by atoms with Crippen molar-refractivity contribution in [3.05, 3.63) is 0 Å². The Balaban J connectivity index is 3.75. The molecule has 0 fully saturated rings. The summed E-state index contributed by atoms with van der Waals surface area (Å²) >= 11 is 6.66. The molecule has 0 spiro atoms. The summed E-state index contributed by atoms with van der Waals surface area (Å²) in [5.41, 5.74) is 0. The maximum absolute atomic E-state index is 11.6. The third kappa shape index (κ3) is 11.2. The predicted molar refractivity (Wildman–Crippen MR) is 91.0 cm³/mol. The second-order valence-electron chi connectivity index (χ2n) is 4.91. The van der Waals surface area contributed by atoms with Crippen molar-refractivity contribution in [1.29, 1.82) is 0 Å². The Kier molecular flexibility index (Phi) is 13.5. The molecule has 124 valence electrons. The van der Waals surface area contributed by atoms with E-state index >= 15 is 0 Å². The molecule has 0 aromatic carbocycles. The van der Waals surface area contributed by atoms with Crippen LogP contribution in [0.25, 0.3) is 0 Å². The van der Waals surface area contributed by atoms with Crippen molar-refractivity contribution < 1.29 is 19.1 Å². The van der Waals surface area contributed by atoms with Crippen molar-refractivity contribution in [3.63, 3.8) is 0 Å². The predicted octanol–water partition coefficient (Wildman–Crippen LogP) is 4.37. The Morgan fingerprint density at radius 2 is 1.19 bits per heavy atom. The first-order valence-corrected chi connectivity index (χ1v) is 9.47. The molecule has 0 amide bonds. The van der Waals surface area contributed by atoms with Gasteiger partial charge in [0.2, 0.25) is 0 Å². The lowest BCUT2D eigenvalue weighted by Crippen LogP contribution is -2.20. The second kappa shape index (κ2) is 13.6. The number of ether oxygens (including phenoxy) is 2. The van der Waals surface area contributed by atoms with Crippen LogP contribution in [-0.2, 0) is 19.1 Å². The Morgan fingerprint density at radius 3 is 1.52 bits per heavy atom. The van der Waals surface area contributed by atoms with Gasteiger partial charge in [0.05, 0.1) is 13.2 Å². The molecule has 0 aliphatic carbocycles. The van der Waals surface area contributed by atoms with Gasteiger partial charge in [-0.25, -0.2) is 0 Å². The molecule has 0 heterocycles. The van der Waals surface area contributed by atoms with E-state index in [4.69, 9.17) is 9.47 Å². The number of carbonyl (C=O) groups is 2. The zero-order chi connectivity index (χ0) is 16.1. The van der Waals surface area contributed by atoms with E-state index in [-0.39, 0.29) is 21.6 Å². The molecule has 0 N–H and O–H groups in total. The van der Waals surface area contributed by atoms with Crippen LogP contribution in [0.3, 0.4) is 0 Å². The van der Waals surface area contributed by atoms with E-state index in [1.54, 1.807) is 0 Å². The van der Waals surface area contributed by atoms with Gasteiger partial charge in [-0.15, -0.1) is 0 Å². The molecule has 0 aliphatic rings. The molecular weight excluding hydrogens is 404 g/mol. The van der Waals surface area contributed by atoms with Gasteiger partial charge in [0.25, 0.3) is 0 Å². The Morgan fingerprint density at radius 1 is 0.810 bits per heavy atom. The number of unbranched alkanes of at least 4 members (excludes halogenated alkanes) is 2. The van der Waals surface area contributed by atoms with Crippen molar-refractivity contribution in [2.45, 2.75) is 68.4 Å². The van der Waals surface area contributed by atoms with E-state index < -0.39 is 0 Å². The van der Waals surface area contributed by atoms with Gasteiger partial charge >= 0.3 is 11.9 Å². The Labute approximate surface area is 144 Å². The third-order valence-electron chi connectivity index (χ3n) is 2.91. The van der Waals surface area contributed by atoms with Crippen LogP contribution in [0.2, 0.25) is 0 Å². The monoisotopic (exact) mass is 428 g/mol. The molecule has 0 rings (SSSR count). The number of hydrogen-bond acceptors (Lipinski definition) is 4. The molecule has 6 heteroatoms. The van der Waals surface area contributed by atoms with Crippen LogP contribution >= 0.6 is 31.9 Å². The number of hydrogen-bond donors (Lipinski definition) is 0. The van der Waals surface area contributed by atoms with Crippen molar-refractivity contribution in [2.75, 3.05) is 13.2 Å². The zero-order valence-corrected chi connectivity index (χ0v) is 16.1. The highest BCUT2D eigenvalue weighted by Crippen LogP contribution is 2.17. The van der Waals surface area contributed by atoms with Crippen molar-refractivity contribution in [3.8, 4) is 0 Å². The van der Waals surface area contributed by atoms with E-state index in [0.29, 0.717) is 26.1 Å². The first kappa shape index (κ1) is 20.9. The third-order valence-corrected chi connectivity index (χ3v) is 4.57. The summed E-state index contributed by atoms with van der Waals surface area (Å²) in [6.45, 7) is 5.05. The van der Waals surface area contributed by atoms with E-state index in [1.165, 1.54) is 0 Å². The fraction of sp³-hybridized carbons (Fsp3) is 0.867. The Hall–Kier alpha value is -0.100. The lowest BCUT2D eigenvalue weighted by atomic mass is 10.1. The van der Waals surface area contributed by atoms with E-state index in [9.17, 15) is 9.59 Å². The average Bonchev–Trinajstić information content (AvgIpc) is 2.47. The average molecular weight is 430 g/mol. The topological polar surface area (TPSA) is 52.6 Å². The highest BCUT2D eigenvalue weighted by Gasteiger charge is 2.19. The minimum atomic E-state index is -0.301. The second-order valence-corrected chi connectivity index (χ2v) is 7.12. The summed E-state index contributed by atoms with van der Waals surface area (Å²) in [5.74, 6) is -0.444. The number of carbonyl (C=O) groups excluding carboxylic acids is 2. The van der Waals surface area contributed by atoms with Crippen LogP contribution in [0.15, 0.2) is 0 Å². The van der Waals surface area contributed by atoms with Crippen LogP contribution in [0.5, 0.6) is 0 Å². The molecule has 0 saturated carbocycles. The summed E-state index contributed by atoms with van der Waals surface area (Å²) < 4.78 is 10.3.